The van der Waals surface area contributed by atoms with Crippen LogP contribution < -0.4 is 10.6 Å². The number of ether oxygens (including phenoxy) is 3. The predicted molar refractivity (Wildman–Crippen MR) is 137 cm³/mol. The largest absolute Gasteiger partial charge is 0.456 e. The lowest BCUT2D eigenvalue weighted by molar-refractivity contribution is -0.209. The number of aliphatic hydroxyl groups excluding tert-OH is 1. The molecular weight excluding hydrogens is 579 g/mol. The average molecular weight is 610 g/mol. The third-order valence-electron chi connectivity index (χ3n) is 7.11. The summed E-state index contributed by atoms with van der Waals surface area (Å²) in [6, 6.07) is 7.13. The van der Waals surface area contributed by atoms with Gasteiger partial charge in [0.15, 0.2) is 5.79 Å². The number of halogens is 1. The zero-order valence-corrected chi connectivity index (χ0v) is 22.1. The van der Waals surface area contributed by atoms with Gasteiger partial charge in [0, 0.05) is 46.9 Å². The monoisotopic (exact) mass is 610 g/mol. The Labute approximate surface area is 223 Å². The van der Waals surface area contributed by atoms with E-state index in [0.29, 0.717) is 23.0 Å². The van der Waals surface area contributed by atoms with E-state index in [1.54, 1.807) is 18.2 Å². The van der Waals surface area contributed by atoms with Gasteiger partial charge < -0.3 is 30.0 Å². The fourth-order valence-corrected chi connectivity index (χ4v) is 5.41. The number of rotatable bonds is 10. The highest BCUT2D eigenvalue weighted by molar-refractivity contribution is 14.1. The van der Waals surface area contributed by atoms with E-state index in [9.17, 15) is 14.4 Å². The number of nitrogens with one attached hydrogen (secondary N) is 2. The summed E-state index contributed by atoms with van der Waals surface area (Å²) < 4.78 is 20.1. The molecular formula is C26H31IN2O7. The molecule has 194 valence electrons. The first-order chi connectivity index (χ1) is 17.4. The molecule has 4 aliphatic rings. The van der Waals surface area contributed by atoms with Crippen LogP contribution in [0.3, 0.4) is 0 Å². The minimum atomic E-state index is -0.667. The van der Waals surface area contributed by atoms with Crippen molar-refractivity contribution in [2.45, 2.75) is 62.6 Å². The Hall–Kier alpha value is -2.02. The molecule has 1 saturated heterocycles. The molecule has 3 N–H and O–H groups in total. The van der Waals surface area contributed by atoms with Crippen molar-refractivity contribution < 1.29 is 33.7 Å². The zero-order chi connectivity index (χ0) is 25.3. The summed E-state index contributed by atoms with van der Waals surface area (Å²) in [6.07, 6.45) is 4.70. The van der Waals surface area contributed by atoms with Gasteiger partial charge in [0.2, 0.25) is 11.8 Å². The van der Waals surface area contributed by atoms with E-state index < -0.39 is 30.1 Å². The Kier molecular flexibility index (Phi) is 7.66. The van der Waals surface area contributed by atoms with Gasteiger partial charge in [-0.2, -0.15) is 0 Å². The lowest BCUT2D eigenvalue weighted by atomic mass is 9.91. The van der Waals surface area contributed by atoms with Crippen LogP contribution in [0.2, 0.25) is 0 Å². The molecule has 3 aliphatic carbocycles. The first-order valence-electron chi connectivity index (χ1n) is 12.6. The number of fused-ring (bicyclic) bond motifs is 1. The molecule has 10 heteroatoms. The molecule has 3 atom stereocenters. The summed E-state index contributed by atoms with van der Waals surface area (Å²) in [6.45, 7) is 0.191. The maximum absolute atomic E-state index is 13.0. The van der Waals surface area contributed by atoms with E-state index in [2.05, 4.69) is 33.2 Å². The molecule has 1 aliphatic heterocycles. The number of carbonyl (C=O) groups is 3. The second kappa shape index (κ2) is 10.8. The van der Waals surface area contributed by atoms with E-state index in [1.807, 2.05) is 12.1 Å². The molecule has 2 saturated carbocycles. The summed E-state index contributed by atoms with van der Waals surface area (Å²) in [5.74, 6) is -1.01. The number of hydrogen-bond acceptors (Lipinski definition) is 7. The molecule has 0 unspecified atom stereocenters. The second-order valence-electron chi connectivity index (χ2n) is 9.86. The van der Waals surface area contributed by atoms with Gasteiger partial charge in [-0.15, -0.1) is 0 Å². The Morgan fingerprint density at radius 1 is 1.03 bits per heavy atom. The Morgan fingerprint density at radius 3 is 2.36 bits per heavy atom. The standard InChI is InChI=1S/C26H31IN2O7/c27-19-7-1-15(2-8-19)25(33)34-20-13-16(24(32)29-10-9-22(31)28-11-12-30)14-21-23(20)36-26(35-21,17-3-4-17)18-5-6-18/h1-2,7-8,14,17-18,20-21,23,30H,3-6,9-13H2,(H,28,31)(H,29,32)/t20-,21-,23+/m1/s1. The van der Waals surface area contributed by atoms with Crippen LogP contribution in [0.5, 0.6) is 0 Å². The van der Waals surface area contributed by atoms with Crippen LogP contribution in [0.15, 0.2) is 35.9 Å². The number of amides is 2. The normalized spacial score (nSPS) is 26.5. The topological polar surface area (TPSA) is 123 Å². The molecule has 0 bridgehead atoms. The number of carbonyl (C=O) groups excluding carboxylic acids is 3. The van der Waals surface area contributed by atoms with Crippen LogP contribution in [0.1, 0.15) is 48.9 Å². The molecule has 5 rings (SSSR count). The van der Waals surface area contributed by atoms with Gasteiger partial charge in [-0.3, -0.25) is 9.59 Å². The van der Waals surface area contributed by atoms with Crippen molar-refractivity contribution in [1.29, 1.82) is 0 Å². The maximum atomic E-state index is 13.0. The minimum Gasteiger partial charge on any atom is -0.456 e. The van der Waals surface area contributed by atoms with Gasteiger partial charge in [-0.1, -0.05) is 0 Å². The Balaban J connectivity index is 1.30. The van der Waals surface area contributed by atoms with E-state index in [0.717, 1.165) is 29.3 Å². The average Bonchev–Trinajstić information content (AvgIpc) is 3.80. The summed E-state index contributed by atoms with van der Waals surface area (Å²) in [7, 11) is 0. The van der Waals surface area contributed by atoms with Crippen LogP contribution >= 0.6 is 22.6 Å². The lowest BCUT2D eigenvalue weighted by Gasteiger charge is -2.31. The molecule has 9 nitrogen and oxygen atoms in total. The Morgan fingerprint density at radius 2 is 1.72 bits per heavy atom. The molecule has 3 fully saturated rings. The summed E-state index contributed by atoms with van der Waals surface area (Å²) in [4.78, 5) is 37.7. The highest BCUT2D eigenvalue weighted by Crippen LogP contribution is 2.59. The molecule has 0 aromatic heterocycles. The van der Waals surface area contributed by atoms with Gasteiger partial charge in [-0.25, -0.2) is 4.79 Å². The SMILES string of the molecule is O=C(CCNC(=O)C1=C[C@H]2OC(C3CC3)(C3CC3)O[C@H]2[C@H](OC(=O)c2ccc(I)cc2)C1)NCCO. The summed E-state index contributed by atoms with van der Waals surface area (Å²) in [5, 5.41) is 14.1. The quantitative estimate of drug-likeness (QED) is 0.274. The van der Waals surface area contributed by atoms with Crippen LogP contribution in [0.25, 0.3) is 0 Å². The van der Waals surface area contributed by atoms with Crippen LogP contribution in [-0.4, -0.2) is 66.7 Å². The molecule has 0 radical (unpaired) electrons. The predicted octanol–water partition coefficient (Wildman–Crippen LogP) is 2.06. The summed E-state index contributed by atoms with van der Waals surface area (Å²) >= 11 is 2.18. The van der Waals surface area contributed by atoms with Crippen molar-refractivity contribution in [1.82, 2.24) is 10.6 Å². The first kappa shape index (κ1) is 25.6. The van der Waals surface area contributed by atoms with Crippen molar-refractivity contribution in [2.24, 2.45) is 11.8 Å². The Bertz CT molecular complexity index is 1020. The van der Waals surface area contributed by atoms with Crippen molar-refractivity contribution in [3.8, 4) is 0 Å². The smallest absolute Gasteiger partial charge is 0.338 e. The van der Waals surface area contributed by atoms with Gasteiger partial charge >= 0.3 is 5.97 Å². The molecule has 0 spiro atoms. The van der Waals surface area contributed by atoms with Gasteiger partial charge in [0.05, 0.1) is 12.2 Å². The summed E-state index contributed by atoms with van der Waals surface area (Å²) in [5.41, 5.74) is 0.898. The molecule has 2 amide bonds. The highest BCUT2D eigenvalue weighted by Gasteiger charge is 2.64. The number of esters is 1. The van der Waals surface area contributed by atoms with E-state index in [-0.39, 0.29) is 44.4 Å². The van der Waals surface area contributed by atoms with E-state index in [1.165, 1.54) is 0 Å². The third-order valence-corrected chi connectivity index (χ3v) is 7.83. The number of benzene rings is 1. The van der Waals surface area contributed by atoms with Gasteiger partial charge in [0.25, 0.3) is 0 Å². The maximum Gasteiger partial charge on any atom is 0.338 e. The zero-order valence-electron chi connectivity index (χ0n) is 19.9. The van der Waals surface area contributed by atoms with Crippen molar-refractivity contribution >= 4 is 40.4 Å². The van der Waals surface area contributed by atoms with Crippen LogP contribution in [0.4, 0.5) is 0 Å². The molecule has 1 heterocycles. The number of aliphatic hydroxyl groups is 1. The molecule has 1 aromatic carbocycles. The van der Waals surface area contributed by atoms with E-state index >= 15 is 0 Å². The first-order valence-corrected chi connectivity index (χ1v) is 13.7. The van der Waals surface area contributed by atoms with E-state index in [4.69, 9.17) is 19.3 Å². The van der Waals surface area contributed by atoms with Crippen LogP contribution in [-0.2, 0) is 23.8 Å². The second-order valence-corrected chi connectivity index (χ2v) is 11.1. The minimum absolute atomic E-state index is 0.0996. The van der Waals surface area contributed by atoms with Crippen molar-refractivity contribution in [2.75, 3.05) is 19.7 Å². The van der Waals surface area contributed by atoms with Crippen LogP contribution in [0, 0.1) is 15.4 Å². The fraction of sp³-hybridized carbons (Fsp3) is 0.577. The highest BCUT2D eigenvalue weighted by atomic mass is 127. The van der Waals surface area contributed by atoms with Crippen molar-refractivity contribution in [3.05, 3.63) is 45.0 Å². The van der Waals surface area contributed by atoms with Crippen molar-refractivity contribution in [3.63, 3.8) is 0 Å². The molecule has 1 aromatic rings. The third kappa shape index (κ3) is 5.61. The molecule has 36 heavy (non-hydrogen) atoms. The van der Waals surface area contributed by atoms with Gasteiger partial charge in [0.1, 0.15) is 18.3 Å². The number of hydrogen-bond donors (Lipinski definition) is 3. The lowest BCUT2D eigenvalue weighted by Crippen LogP contribution is -2.44. The fourth-order valence-electron chi connectivity index (χ4n) is 5.05. The van der Waals surface area contributed by atoms with Gasteiger partial charge in [-0.05, 0) is 78.6 Å².